The molecule has 0 fully saturated rings. The van der Waals surface area contributed by atoms with Crippen molar-refractivity contribution in [3.05, 3.63) is 35.1 Å². The Morgan fingerprint density at radius 1 is 1.40 bits per heavy atom. The number of carboxylic acids is 1. The average Bonchev–Trinajstić information content (AvgIpc) is 2.38. The topological polar surface area (TPSA) is 58.6 Å². The van der Waals surface area contributed by atoms with Gasteiger partial charge in [0.15, 0.2) is 0 Å². The van der Waals surface area contributed by atoms with E-state index in [4.69, 9.17) is 9.84 Å². The predicted molar refractivity (Wildman–Crippen MR) is 75.4 cm³/mol. The molecule has 0 radical (unpaired) electrons. The van der Waals surface area contributed by atoms with Crippen LogP contribution >= 0.6 is 0 Å². The molecule has 20 heavy (non-hydrogen) atoms. The van der Waals surface area contributed by atoms with E-state index in [0.717, 1.165) is 26.0 Å². The Hall–Kier alpha value is -1.46. The van der Waals surface area contributed by atoms with E-state index in [1.165, 1.54) is 18.2 Å². The second-order valence-corrected chi connectivity index (χ2v) is 4.91. The van der Waals surface area contributed by atoms with Crippen LogP contribution in [0.15, 0.2) is 18.2 Å². The molecule has 0 unspecified atom stereocenters. The zero-order chi connectivity index (χ0) is 15.0. The number of aromatic carboxylic acids is 1. The zero-order valence-corrected chi connectivity index (χ0v) is 12.0. The van der Waals surface area contributed by atoms with Gasteiger partial charge >= 0.3 is 5.97 Å². The number of carbonyl (C=O) groups is 1. The molecule has 0 aromatic heterocycles. The lowest BCUT2D eigenvalue weighted by Gasteiger charge is -2.09. The lowest BCUT2D eigenvalue weighted by atomic mass is 10.1. The summed E-state index contributed by atoms with van der Waals surface area (Å²) in [5.41, 5.74) is 0.483. The van der Waals surface area contributed by atoms with Gasteiger partial charge in [0.25, 0.3) is 0 Å². The molecular formula is C15H22FNO3. The Morgan fingerprint density at radius 3 is 2.80 bits per heavy atom. The van der Waals surface area contributed by atoms with Crippen molar-refractivity contribution in [3.63, 3.8) is 0 Å². The van der Waals surface area contributed by atoms with Gasteiger partial charge in [-0.25, -0.2) is 9.18 Å². The second-order valence-electron chi connectivity index (χ2n) is 4.91. The van der Waals surface area contributed by atoms with Crippen LogP contribution in [0.5, 0.6) is 0 Å². The molecule has 0 aliphatic heterocycles. The highest BCUT2D eigenvalue weighted by atomic mass is 19.1. The maximum atomic E-state index is 13.5. The van der Waals surface area contributed by atoms with Gasteiger partial charge < -0.3 is 15.2 Å². The molecule has 1 rings (SSSR count). The molecule has 1 aromatic carbocycles. The van der Waals surface area contributed by atoms with Crippen molar-refractivity contribution in [2.75, 3.05) is 13.2 Å². The van der Waals surface area contributed by atoms with Crippen molar-refractivity contribution in [2.24, 2.45) is 0 Å². The van der Waals surface area contributed by atoms with E-state index in [9.17, 15) is 9.18 Å². The number of ether oxygens (including phenoxy) is 1. The van der Waals surface area contributed by atoms with E-state index in [1.807, 2.05) is 13.8 Å². The van der Waals surface area contributed by atoms with Crippen LogP contribution in [0.2, 0.25) is 0 Å². The van der Waals surface area contributed by atoms with Crippen LogP contribution in [0.3, 0.4) is 0 Å². The predicted octanol–water partition coefficient (Wildman–Crippen LogP) is 2.82. The van der Waals surface area contributed by atoms with E-state index in [1.54, 1.807) is 0 Å². The molecular weight excluding hydrogens is 261 g/mol. The van der Waals surface area contributed by atoms with Crippen LogP contribution in [0.1, 0.15) is 42.6 Å². The number of unbranched alkanes of at least 4 members (excludes halogenated alkanes) is 1. The van der Waals surface area contributed by atoms with Gasteiger partial charge in [-0.2, -0.15) is 0 Å². The van der Waals surface area contributed by atoms with Gasteiger partial charge in [0.05, 0.1) is 11.7 Å². The highest BCUT2D eigenvalue weighted by Gasteiger charge is 2.07. The summed E-state index contributed by atoms with van der Waals surface area (Å²) in [6.45, 7) is 5.80. The first-order valence-corrected chi connectivity index (χ1v) is 6.84. The monoisotopic (exact) mass is 283 g/mol. The Kier molecular flexibility index (Phi) is 7.18. The molecule has 0 spiro atoms. The van der Waals surface area contributed by atoms with Crippen molar-refractivity contribution < 1.29 is 19.0 Å². The molecule has 1 aromatic rings. The van der Waals surface area contributed by atoms with Gasteiger partial charge in [0.2, 0.25) is 0 Å². The molecule has 5 heteroatoms. The van der Waals surface area contributed by atoms with Gasteiger partial charge in [0, 0.05) is 18.7 Å². The lowest BCUT2D eigenvalue weighted by molar-refractivity contribution is 0.0696. The molecule has 0 amide bonds. The summed E-state index contributed by atoms with van der Waals surface area (Å²) in [5, 5.41) is 12.0. The lowest BCUT2D eigenvalue weighted by Crippen LogP contribution is -2.17. The summed E-state index contributed by atoms with van der Waals surface area (Å²) < 4.78 is 18.9. The maximum Gasteiger partial charge on any atom is 0.335 e. The number of halogens is 1. The van der Waals surface area contributed by atoms with E-state index in [-0.39, 0.29) is 17.5 Å². The first kappa shape index (κ1) is 16.6. The molecule has 0 aliphatic carbocycles. The fourth-order valence-corrected chi connectivity index (χ4v) is 1.74. The first-order valence-electron chi connectivity index (χ1n) is 6.84. The summed E-state index contributed by atoms with van der Waals surface area (Å²) in [5.74, 6) is -1.43. The van der Waals surface area contributed by atoms with Crippen molar-refractivity contribution in [3.8, 4) is 0 Å². The van der Waals surface area contributed by atoms with E-state index >= 15 is 0 Å². The molecule has 0 heterocycles. The Balaban J connectivity index is 2.28. The SMILES string of the molecule is CC(C)OCCCCNCc1cc(C(=O)O)ccc1F. The molecule has 4 nitrogen and oxygen atoms in total. The third-order valence-electron chi connectivity index (χ3n) is 2.81. The number of benzene rings is 1. The Morgan fingerprint density at radius 2 is 2.15 bits per heavy atom. The molecule has 0 saturated carbocycles. The number of hydrogen-bond donors (Lipinski definition) is 2. The van der Waals surface area contributed by atoms with Crippen LogP contribution in [0.25, 0.3) is 0 Å². The van der Waals surface area contributed by atoms with Crippen molar-refractivity contribution in [1.29, 1.82) is 0 Å². The minimum absolute atomic E-state index is 0.105. The van der Waals surface area contributed by atoms with Crippen molar-refractivity contribution in [2.45, 2.75) is 39.3 Å². The summed E-state index contributed by atoms with van der Waals surface area (Å²) in [4.78, 5) is 10.8. The van der Waals surface area contributed by atoms with E-state index in [0.29, 0.717) is 12.1 Å². The van der Waals surface area contributed by atoms with Crippen LogP contribution < -0.4 is 5.32 Å². The van der Waals surface area contributed by atoms with Crippen LogP contribution in [0.4, 0.5) is 4.39 Å². The average molecular weight is 283 g/mol. The molecule has 2 N–H and O–H groups in total. The third kappa shape index (κ3) is 6.12. The standard InChI is InChI=1S/C15H22FNO3/c1-11(2)20-8-4-3-7-17-10-13-9-12(15(18)19)5-6-14(13)16/h5-6,9,11,17H,3-4,7-8,10H2,1-2H3,(H,18,19). The molecule has 0 atom stereocenters. The van der Waals surface area contributed by atoms with Gasteiger partial charge in [-0.15, -0.1) is 0 Å². The smallest absolute Gasteiger partial charge is 0.335 e. The molecule has 0 saturated heterocycles. The quantitative estimate of drug-likeness (QED) is 0.684. The Labute approximate surface area is 119 Å². The van der Waals surface area contributed by atoms with E-state index < -0.39 is 5.97 Å². The van der Waals surface area contributed by atoms with Crippen molar-refractivity contribution >= 4 is 5.97 Å². The largest absolute Gasteiger partial charge is 0.478 e. The molecule has 0 aliphatic rings. The molecule has 0 bridgehead atoms. The summed E-state index contributed by atoms with van der Waals surface area (Å²) in [7, 11) is 0. The fraction of sp³-hybridized carbons (Fsp3) is 0.533. The third-order valence-corrected chi connectivity index (χ3v) is 2.81. The maximum absolute atomic E-state index is 13.5. The fourth-order valence-electron chi connectivity index (χ4n) is 1.74. The normalized spacial score (nSPS) is 11.0. The Bertz CT molecular complexity index is 435. The second kappa shape index (κ2) is 8.66. The summed E-state index contributed by atoms with van der Waals surface area (Å²) in [6, 6.07) is 3.83. The minimum Gasteiger partial charge on any atom is -0.478 e. The van der Waals surface area contributed by atoms with Crippen LogP contribution in [0, 0.1) is 5.82 Å². The molecule has 112 valence electrons. The van der Waals surface area contributed by atoms with Crippen LogP contribution in [-0.4, -0.2) is 30.3 Å². The highest BCUT2D eigenvalue weighted by Crippen LogP contribution is 2.10. The van der Waals surface area contributed by atoms with Gasteiger partial charge in [-0.1, -0.05) is 0 Å². The van der Waals surface area contributed by atoms with Gasteiger partial charge in [-0.05, 0) is 51.4 Å². The number of nitrogens with one attached hydrogen (secondary N) is 1. The highest BCUT2D eigenvalue weighted by molar-refractivity contribution is 5.87. The zero-order valence-electron chi connectivity index (χ0n) is 12.0. The number of carboxylic acid groups (broad SMARTS) is 1. The van der Waals surface area contributed by atoms with E-state index in [2.05, 4.69) is 5.32 Å². The van der Waals surface area contributed by atoms with Gasteiger partial charge in [0.1, 0.15) is 5.82 Å². The minimum atomic E-state index is -1.04. The summed E-state index contributed by atoms with van der Waals surface area (Å²) >= 11 is 0. The first-order chi connectivity index (χ1) is 9.50. The summed E-state index contributed by atoms with van der Waals surface area (Å²) in [6.07, 6.45) is 2.13. The number of rotatable bonds is 9. The van der Waals surface area contributed by atoms with Crippen LogP contribution in [-0.2, 0) is 11.3 Å². The number of hydrogen-bond acceptors (Lipinski definition) is 3. The van der Waals surface area contributed by atoms with Gasteiger partial charge in [-0.3, -0.25) is 0 Å². The van der Waals surface area contributed by atoms with Crippen molar-refractivity contribution in [1.82, 2.24) is 5.32 Å².